The van der Waals surface area contributed by atoms with Gasteiger partial charge in [-0.3, -0.25) is 10.2 Å². The molecule has 1 amide bonds. The summed E-state index contributed by atoms with van der Waals surface area (Å²) in [6, 6.07) is 18.9. The largest absolute Gasteiger partial charge is 0.494 e. The fourth-order valence-corrected chi connectivity index (χ4v) is 4.89. The third kappa shape index (κ3) is 7.00. The number of ether oxygens (including phenoxy) is 2. The van der Waals surface area contributed by atoms with Crippen molar-refractivity contribution in [3.05, 3.63) is 117 Å². The number of halogens is 2. The lowest BCUT2D eigenvalue weighted by Gasteiger charge is -2.31. The summed E-state index contributed by atoms with van der Waals surface area (Å²) in [6.07, 6.45) is 1.14. The van der Waals surface area contributed by atoms with E-state index in [1.54, 1.807) is 72.8 Å². The molecule has 0 saturated heterocycles. The highest BCUT2D eigenvalue weighted by Gasteiger charge is 2.54. The Bertz CT molecular complexity index is 1480. The Labute approximate surface area is 247 Å². The molecule has 0 bridgehead atoms. The predicted octanol–water partition coefficient (Wildman–Crippen LogP) is 6.00. The van der Waals surface area contributed by atoms with Gasteiger partial charge in [-0.1, -0.05) is 64.7 Å². The van der Waals surface area contributed by atoms with E-state index in [9.17, 15) is 4.79 Å². The summed E-state index contributed by atoms with van der Waals surface area (Å²) >= 11 is 12.8. The topological polar surface area (TPSA) is 141 Å². The van der Waals surface area contributed by atoms with E-state index in [-0.39, 0.29) is 18.9 Å². The number of azide groups is 1. The number of hydrogen-bond acceptors (Lipinski definition) is 7. The van der Waals surface area contributed by atoms with Crippen LogP contribution in [-0.2, 0) is 16.0 Å². The molecule has 41 heavy (non-hydrogen) atoms. The Hall–Kier alpha value is -4.05. The molecule has 12 heteroatoms. The van der Waals surface area contributed by atoms with Gasteiger partial charge < -0.3 is 14.6 Å². The van der Waals surface area contributed by atoms with Gasteiger partial charge in [0, 0.05) is 57.8 Å². The van der Waals surface area contributed by atoms with Crippen molar-refractivity contribution in [2.24, 2.45) is 10.1 Å². The van der Waals surface area contributed by atoms with Crippen LogP contribution in [0.2, 0.25) is 10.0 Å². The van der Waals surface area contributed by atoms with Crippen molar-refractivity contribution in [1.29, 1.82) is 0 Å². The molecule has 0 fully saturated rings. The summed E-state index contributed by atoms with van der Waals surface area (Å²) in [7, 11) is 0. The number of carbonyl (C=O) groups excluding carboxylic acids is 1. The SMILES string of the molecule is C=CCNNC(=O)[C@@]1(Cc2ccccc2N=[N+]=[N-])N=C(c2ccc(OCCCO)cc2)O[C@H]1c1ccc(Cl)cc1Cl. The zero-order chi connectivity index (χ0) is 29.2. The van der Waals surface area contributed by atoms with Gasteiger partial charge in [0.05, 0.1) is 6.61 Å². The van der Waals surface area contributed by atoms with E-state index >= 15 is 0 Å². The van der Waals surface area contributed by atoms with Crippen LogP contribution in [0.3, 0.4) is 0 Å². The Morgan fingerprint density at radius 3 is 2.71 bits per heavy atom. The first-order valence-electron chi connectivity index (χ1n) is 12.7. The van der Waals surface area contributed by atoms with E-state index < -0.39 is 17.6 Å². The lowest BCUT2D eigenvalue weighted by atomic mass is 9.81. The molecule has 0 radical (unpaired) electrons. The van der Waals surface area contributed by atoms with Crippen molar-refractivity contribution in [2.45, 2.75) is 24.5 Å². The second-order valence-electron chi connectivity index (χ2n) is 9.07. The summed E-state index contributed by atoms with van der Waals surface area (Å²) < 4.78 is 12.1. The molecule has 2 atom stereocenters. The maximum absolute atomic E-state index is 14.0. The van der Waals surface area contributed by atoms with E-state index in [0.29, 0.717) is 57.7 Å². The summed E-state index contributed by atoms with van der Waals surface area (Å²) in [5, 5.41) is 13.5. The van der Waals surface area contributed by atoms with Gasteiger partial charge in [-0.2, -0.15) is 0 Å². The number of aliphatic imine (C=N–C) groups is 1. The van der Waals surface area contributed by atoms with Crippen molar-refractivity contribution in [1.82, 2.24) is 10.9 Å². The van der Waals surface area contributed by atoms with Crippen LogP contribution in [0.4, 0.5) is 5.69 Å². The number of rotatable bonds is 13. The molecule has 0 aromatic heterocycles. The fourth-order valence-electron chi connectivity index (χ4n) is 4.38. The van der Waals surface area contributed by atoms with E-state index in [1.165, 1.54) is 0 Å². The van der Waals surface area contributed by atoms with Crippen molar-refractivity contribution < 1.29 is 19.4 Å². The van der Waals surface area contributed by atoms with Gasteiger partial charge in [-0.15, -0.1) is 6.58 Å². The van der Waals surface area contributed by atoms with Gasteiger partial charge >= 0.3 is 0 Å². The standard InChI is InChI=1S/C29H28Cl2N6O4/c1-2-14-33-36-28(39)29(18-20-6-3-4-7-25(20)35-37-32)26(23-13-10-21(30)17-24(23)31)41-27(34-29)19-8-11-22(12-9-19)40-16-5-15-38/h2-4,6-13,17,26,33,38H,1,5,14-16,18H2,(H,36,39)/t26-,29-/m0/s1. The molecule has 1 aliphatic heterocycles. The number of nitrogens with one attached hydrogen (secondary N) is 2. The van der Waals surface area contributed by atoms with Crippen LogP contribution in [0.5, 0.6) is 5.75 Å². The van der Waals surface area contributed by atoms with Gasteiger partial charge in [0.2, 0.25) is 5.90 Å². The molecule has 4 rings (SSSR count). The summed E-state index contributed by atoms with van der Waals surface area (Å²) in [6.45, 7) is 4.38. The third-order valence-corrected chi connectivity index (χ3v) is 6.89. The minimum atomic E-state index is -1.58. The van der Waals surface area contributed by atoms with Crippen molar-refractivity contribution >= 4 is 40.7 Å². The van der Waals surface area contributed by atoms with Crippen LogP contribution >= 0.6 is 23.2 Å². The number of aliphatic hydroxyl groups is 1. The number of nitrogens with zero attached hydrogens (tertiary/aromatic N) is 4. The molecular weight excluding hydrogens is 567 g/mol. The average molecular weight is 595 g/mol. The molecule has 1 aliphatic rings. The van der Waals surface area contributed by atoms with Gasteiger partial charge in [0.25, 0.3) is 5.91 Å². The molecule has 0 spiro atoms. The number of benzene rings is 3. The van der Waals surface area contributed by atoms with Crippen LogP contribution in [0.25, 0.3) is 10.4 Å². The number of amides is 1. The molecule has 0 unspecified atom stereocenters. The highest BCUT2D eigenvalue weighted by molar-refractivity contribution is 6.35. The number of hydrazine groups is 1. The number of aliphatic hydroxyl groups excluding tert-OH is 1. The molecule has 0 saturated carbocycles. The normalized spacial score (nSPS) is 17.6. The molecule has 3 aromatic rings. The lowest BCUT2D eigenvalue weighted by Crippen LogP contribution is -2.54. The fraction of sp³-hybridized carbons (Fsp3) is 0.241. The Balaban J connectivity index is 1.84. The summed E-state index contributed by atoms with van der Waals surface area (Å²) in [5.41, 5.74) is 15.2. The van der Waals surface area contributed by atoms with E-state index in [1.807, 2.05) is 0 Å². The average Bonchev–Trinajstić information content (AvgIpc) is 3.35. The van der Waals surface area contributed by atoms with Gasteiger partial charge in [-0.05, 0) is 47.5 Å². The molecule has 0 aliphatic carbocycles. The Kier molecular flexibility index (Phi) is 10.2. The first-order chi connectivity index (χ1) is 19.9. The second kappa shape index (κ2) is 14.0. The maximum Gasteiger partial charge on any atom is 0.266 e. The molecule has 1 heterocycles. The van der Waals surface area contributed by atoms with E-state index in [4.69, 9.17) is 48.3 Å². The molecule has 10 nitrogen and oxygen atoms in total. The third-order valence-electron chi connectivity index (χ3n) is 6.33. The Morgan fingerprint density at radius 2 is 2.00 bits per heavy atom. The monoisotopic (exact) mass is 594 g/mol. The quantitative estimate of drug-likeness (QED) is 0.0555. The molecule has 3 N–H and O–H groups in total. The minimum absolute atomic E-state index is 0.0132. The first-order valence-corrected chi connectivity index (χ1v) is 13.5. The van der Waals surface area contributed by atoms with Crippen LogP contribution < -0.4 is 15.6 Å². The van der Waals surface area contributed by atoms with Crippen LogP contribution in [0.15, 0.2) is 89.5 Å². The van der Waals surface area contributed by atoms with Crippen LogP contribution in [-0.4, -0.2) is 42.2 Å². The molecular formula is C29H28Cl2N6O4. The molecule has 212 valence electrons. The Morgan fingerprint density at radius 1 is 1.22 bits per heavy atom. The molecule has 3 aromatic carbocycles. The maximum atomic E-state index is 14.0. The smallest absolute Gasteiger partial charge is 0.266 e. The zero-order valence-electron chi connectivity index (χ0n) is 22.0. The number of carbonyl (C=O) groups is 1. The predicted molar refractivity (Wildman–Crippen MR) is 158 cm³/mol. The first kappa shape index (κ1) is 29.9. The minimum Gasteiger partial charge on any atom is -0.494 e. The zero-order valence-corrected chi connectivity index (χ0v) is 23.5. The van der Waals surface area contributed by atoms with E-state index in [0.717, 1.165) is 0 Å². The highest BCUT2D eigenvalue weighted by atomic mass is 35.5. The van der Waals surface area contributed by atoms with Crippen LogP contribution in [0, 0.1) is 0 Å². The van der Waals surface area contributed by atoms with Gasteiger partial charge in [-0.25, -0.2) is 10.4 Å². The summed E-state index contributed by atoms with van der Waals surface area (Å²) in [5.74, 6) is 0.326. The summed E-state index contributed by atoms with van der Waals surface area (Å²) in [4.78, 5) is 21.9. The lowest BCUT2D eigenvalue weighted by molar-refractivity contribution is -0.129. The van der Waals surface area contributed by atoms with Crippen molar-refractivity contribution in [2.75, 3.05) is 19.8 Å². The van der Waals surface area contributed by atoms with E-state index in [2.05, 4.69) is 27.5 Å². The second-order valence-corrected chi connectivity index (χ2v) is 9.92. The van der Waals surface area contributed by atoms with Crippen molar-refractivity contribution in [3.63, 3.8) is 0 Å². The van der Waals surface area contributed by atoms with Crippen molar-refractivity contribution in [3.8, 4) is 5.75 Å². The van der Waals surface area contributed by atoms with Gasteiger partial charge in [0.15, 0.2) is 11.6 Å². The van der Waals surface area contributed by atoms with Crippen LogP contribution in [0.1, 0.15) is 29.2 Å². The highest BCUT2D eigenvalue weighted by Crippen LogP contribution is 2.45. The number of hydrogen-bond donors (Lipinski definition) is 3. The van der Waals surface area contributed by atoms with Gasteiger partial charge in [0.1, 0.15) is 5.75 Å².